The smallest absolute Gasteiger partial charge is 0.328 e. The first-order valence-electron chi connectivity index (χ1n) is 10.3. The average molecular weight is 468 g/mol. The molecule has 3 heterocycles. The Morgan fingerprint density at radius 2 is 1.97 bits per heavy atom. The van der Waals surface area contributed by atoms with E-state index in [2.05, 4.69) is 5.10 Å². The van der Waals surface area contributed by atoms with Crippen LogP contribution in [0.4, 0.5) is 5.82 Å². The van der Waals surface area contributed by atoms with Gasteiger partial charge in [-0.3, -0.25) is 0 Å². The van der Waals surface area contributed by atoms with Crippen molar-refractivity contribution in [2.75, 3.05) is 31.8 Å². The first-order valence-corrected chi connectivity index (χ1v) is 12.2. The third-order valence-electron chi connectivity index (χ3n) is 5.99. The van der Waals surface area contributed by atoms with Crippen LogP contribution in [-0.4, -0.2) is 62.3 Å². The fourth-order valence-electron chi connectivity index (χ4n) is 4.41. The van der Waals surface area contributed by atoms with E-state index in [0.717, 1.165) is 24.4 Å². The van der Waals surface area contributed by atoms with E-state index in [1.807, 2.05) is 22.6 Å². The Hall–Kier alpha value is -2.10. The Kier molecular flexibility index (Phi) is 6.27. The number of hydrogen-bond acceptors (Lipinski definition) is 7. The van der Waals surface area contributed by atoms with E-state index in [1.165, 1.54) is 13.2 Å². The summed E-state index contributed by atoms with van der Waals surface area (Å²) in [5, 5.41) is 4.04. The lowest BCUT2D eigenvalue weighted by Crippen LogP contribution is -2.39. The molecule has 2 atom stereocenters. The van der Waals surface area contributed by atoms with Crippen LogP contribution in [0.15, 0.2) is 35.2 Å². The number of benzene rings is 1. The maximum absolute atomic E-state index is 13.4. The Bertz CT molecular complexity index is 1060. The van der Waals surface area contributed by atoms with Crippen molar-refractivity contribution in [1.29, 1.82) is 0 Å². The molecule has 2 saturated heterocycles. The maximum atomic E-state index is 13.4. The lowest BCUT2D eigenvalue weighted by Gasteiger charge is -2.29. The van der Waals surface area contributed by atoms with Crippen LogP contribution >= 0.6 is 11.6 Å². The van der Waals surface area contributed by atoms with Crippen molar-refractivity contribution in [3.05, 3.63) is 41.0 Å². The van der Waals surface area contributed by atoms with Crippen LogP contribution < -0.4 is 4.90 Å². The van der Waals surface area contributed by atoms with Crippen molar-refractivity contribution in [2.45, 2.75) is 48.4 Å². The third-order valence-corrected chi connectivity index (χ3v) is 8.62. The molecule has 0 N–H and O–H groups in total. The van der Waals surface area contributed by atoms with E-state index in [1.54, 1.807) is 18.2 Å². The predicted octanol–water partition coefficient (Wildman–Crippen LogP) is 2.79. The summed E-state index contributed by atoms with van der Waals surface area (Å²) in [6.45, 7) is 3.34. The van der Waals surface area contributed by atoms with Crippen LogP contribution in [0.25, 0.3) is 0 Å². The Morgan fingerprint density at radius 3 is 2.65 bits per heavy atom. The summed E-state index contributed by atoms with van der Waals surface area (Å²) in [5.74, 6) is 0.269. The van der Waals surface area contributed by atoms with Crippen LogP contribution in [0.2, 0.25) is 5.02 Å². The second-order valence-electron chi connectivity index (χ2n) is 7.96. The van der Waals surface area contributed by atoms with Gasteiger partial charge in [0, 0.05) is 25.8 Å². The normalized spacial score (nSPS) is 22.6. The van der Waals surface area contributed by atoms with Gasteiger partial charge in [-0.15, -0.1) is 0 Å². The molecule has 10 heteroatoms. The summed E-state index contributed by atoms with van der Waals surface area (Å²) in [5.41, 5.74) is 0.808. The van der Waals surface area contributed by atoms with Gasteiger partial charge in [-0.2, -0.15) is 5.10 Å². The van der Waals surface area contributed by atoms with Crippen molar-refractivity contribution >= 4 is 33.2 Å². The molecule has 0 radical (unpaired) electrons. The number of sulfone groups is 1. The summed E-state index contributed by atoms with van der Waals surface area (Å²) in [4.78, 5) is 14.5. The zero-order valence-electron chi connectivity index (χ0n) is 17.5. The predicted molar refractivity (Wildman–Crippen MR) is 116 cm³/mol. The number of esters is 1. The lowest BCUT2D eigenvalue weighted by atomic mass is 10.1. The van der Waals surface area contributed by atoms with Crippen LogP contribution in [0.1, 0.15) is 31.0 Å². The SMILES string of the molecule is COC(=O)[C@@H]1C[C@@H](S(=O)(=O)c2ccccc2Cl)CN1c1cc(C)nn1C1CCOCC1. The highest BCUT2D eigenvalue weighted by Gasteiger charge is 2.45. The number of carbonyl (C=O) groups is 1. The minimum atomic E-state index is -3.75. The van der Waals surface area contributed by atoms with Gasteiger partial charge in [0.1, 0.15) is 11.9 Å². The molecular weight excluding hydrogens is 442 g/mol. The standard InChI is InChI=1S/C21H26ClN3O5S/c1-14-11-20(25(23-14)15-7-9-30-10-8-15)24-13-16(12-18(24)21(26)29-2)31(27,28)19-6-4-3-5-17(19)22/h3-6,11,15-16,18H,7-10,12-13H2,1-2H3/t16-,18+/m1/s1. The third kappa shape index (κ3) is 4.18. The molecule has 2 aliphatic rings. The molecule has 2 fully saturated rings. The minimum absolute atomic E-state index is 0.0845. The first-order chi connectivity index (χ1) is 14.8. The molecule has 31 heavy (non-hydrogen) atoms. The van der Waals surface area contributed by atoms with Gasteiger partial charge in [-0.1, -0.05) is 23.7 Å². The number of carbonyl (C=O) groups excluding carboxylic acids is 1. The zero-order chi connectivity index (χ0) is 22.2. The molecule has 2 aliphatic heterocycles. The quantitative estimate of drug-likeness (QED) is 0.624. The monoisotopic (exact) mass is 467 g/mol. The van der Waals surface area contributed by atoms with Gasteiger partial charge in [-0.05, 0) is 38.3 Å². The molecule has 0 spiro atoms. The molecular formula is C21H26ClN3O5S. The Balaban J connectivity index is 1.71. The fourth-order valence-corrected chi connectivity index (χ4v) is 6.62. The van der Waals surface area contributed by atoms with Crippen molar-refractivity contribution in [2.24, 2.45) is 0 Å². The van der Waals surface area contributed by atoms with Gasteiger partial charge in [0.25, 0.3) is 0 Å². The number of halogens is 1. The zero-order valence-corrected chi connectivity index (χ0v) is 19.1. The second kappa shape index (κ2) is 8.80. The number of nitrogens with zero attached hydrogens (tertiary/aromatic N) is 3. The van der Waals surface area contributed by atoms with Gasteiger partial charge >= 0.3 is 5.97 Å². The lowest BCUT2D eigenvalue weighted by molar-refractivity contribution is -0.141. The summed E-state index contributed by atoms with van der Waals surface area (Å²) in [6.07, 6.45) is 1.75. The minimum Gasteiger partial charge on any atom is -0.467 e. The van der Waals surface area contributed by atoms with Gasteiger partial charge in [-0.25, -0.2) is 17.9 Å². The molecule has 1 aromatic heterocycles. The largest absolute Gasteiger partial charge is 0.467 e. The molecule has 1 aromatic carbocycles. The van der Waals surface area contributed by atoms with Crippen molar-refractivity contribution in [1.82, 2.24) is 9.78 Å². The van der Waals surface area contributed by atoms with E-state index < -0.39 is 27.1 Å². The van der Waals surface area contributed by atoms with Crippen LogP contribution in [0.3, 0.4) is 0 Å². The maximum Gasteiger partial charge on any atom is 0.328 e. The van der Waals surface area contributed by atoms with Crippen molar-refractivity contribution in [3.63, 3.8) is 0 Å². The van der Waals surface area contributed by atoms with Gasteiger partial charge in [0.2, 0.25) is 0 Å². The highest BCUT2D eigenvalue weighted by molar-refractivity contribution is 7.92. The number of aryl methyl sites for hydroxylation is 1. The van der Waals surface area contributed by atoms with Crippen LogP contribution in [-0.2, 0) is 24.1 Å². The summed E-state index contributed by atoms with van der Waals surface area (Å²) >= 11 is 6.19. The van der Waals surface area contributed by atoms with Crippen LogP contribution in [0, 0.1) is 6.92 Å². The van der Waals surface area contributed by atoms with E-state index in [0.29, 0.717) is 13.2 Å². The van der Waals surface area contributed by atoms with Gasteiger partial charge in [0.15, 0.2) is 9.84 Å². The molecule has 168 valence electrons. The molecule has 0 saturated carbocycles. The highest BCUT2D eigenvalue weighted by atomic mass is 35.5. The topological polar surface area (TPSA) is 90.7 Å². The van der Waals surface area contributed by atoms with E-state index >= 15 is 0 Å². The molecule has 8 nitrogen and oxygen atoms in total. The van der Waals surface area contributed by atoms with Crippen LogP contribution in [0.5, 0.6) is 0 Å². The number of anilines is 1. The summed E-state index contributed by atoms with van der Waals surface area (Å²) in [6, 6.07) is 7.71. The molecule has 2 aromatic rings. The molecule has 4 rings (SSSR count). The Labute approximate surface area is 187 Å². The molecule has 0 bridgehead atoms. The number of aromatic nitrogens is 2. The number of ether oxygens (including phenoxy) is 2. The average Bonchev–Trinajstić information content (AvgIpc) is 3.38. The van der Waals surface area contributed by atoms with E-state index in [-0.39, 0.29) is 28.9 Å². The Morgan fingerprint density at radius 1 is 1.26 bits per heavy atom. The molecule has 0 amide bonds. The van der Waals surface area contributed by atoms with Crippen molar-refractivity contribution < 1.29 is 22.7 Å². The summed E-state index contributed by atoms with van der Waals surface area (Å²) < 4.78 is 39.2. The van der Waals surface area contributed by atoms with E-state index in [4.69, 9.17) is 21.1 Å². The number of hydrogen-bond donors (Lipinski definition) is 0. The van der Waals surface area contributed by atoms with Gasteiger partial charge < -0.3 is 14.4 Å². The van der Waals surface area contributed by atoms with Gasteiger partial charge in [0.05, 0.1) is 34.0 Å². The van der Waals surface area contributed by atoms with E-state index in [9.17, 15) is 13.2 Å². The van der Waals surface area contributed by atoms with Crippen molar-refractivity contribution in [3.8, 4) is 0 Å². The molecule has 0 aliphatic carbocycles. The summed E-state index contributed by atoms with van der Waals surface area (Å²) in [7, 11) is -2.43. The molecule has 0 unspecified atom stereocenters. The number of methoxy groups -OCH3 is 1. The first kappa shape index (κ1) is 22.1. The second-order valence-corrected chi connectivity index (χ2v) is 10.6. The highest BCUT2D eigenvalue weighted by Crippen LogP contribution is 2.36. The fraction of sp³-hybridized carbons (Fsp3) is 0.524. The number of rotatable bonds is 5.